The number of methoxy groups -OCH3 is 1. The molecule has 0 amide bonds. The topological polar surface area (TPSA) is 18.5 Å². The van der Waals surface area contributed by atoms with Crippen molar-refractivity contribution in [2.45, 2.75) is 6.61 Å². The largest absolute Gasteiger partial charge is 0.497 e. The van der Waals surface area contributed by atoms with Crippen molar-refractivity contribution >= 4 is 32.3 Å². The average molecular weight is 338 g/mol. The van der Waals surface area contributed by atoms with Crippen LogP contribution in [0.3, 0.4) is 0 Å². The Bertz CT molecular complexity index is 1190. The van der Waals surface area contributed by atoms with Crippen LogP contribution in [-0.2, 0) is 6.61 Å². The Morgan fingerprint density at radius 1 is 0.654 bits per heavy atom. The maximum atomic E-state index is 6.18. The highest BCUT2D eigenvalue weighted by molar-refractivity contribution is 6.24. The second-order valence-electron chi connectivity index (χ2n) is 6.56. The van der Waals surface area contributed by atoms with E-state index in [0.717, 1.165) is 17.1 Å². The lowest BCUT2D eigenvalue weighted by Crippen LogP contribution is -1.96. The second-order valence-corrected chi connectivity index (χ2v) is 6.56. The van der Waals surface area contributed by atoms with Gasteiger partial charge in [-0.25, -0.2) is 0 Å². The fourth-order valence-electron chi connectivity index (χ4n) is 3.72. The first kappa shape index (κ1) is 15.0. The molecule has 0 aliphatic rings. The summed E-state index contributed by atoms with van der Waals surface area (Å²) >= 11 is 0. The highest BCUT2D eigenvalue weighted by atomic mass is 16.5. The van der Waals surface area contributed by atoms with E-state index < -0.39 is 0 Å². The molecule has 0 saturated heterocycles. The molecule has 26 heavy (non-hydrogen) atoms. The third-order valence-corrected chi connectivity index (χ3v) is 5.04. The Kier molecular flexibility index (Phi) is 3.42. The minimum Gasteiger partial charge on any atom is -0.497 e. The summed E-state index contributed by atoms with van der Waals surface area (Å²) in [4.78, 5) is 0. The summed E-state index contributed by atoms with van der Waals surface area (Å²) < 4.78 is 11.4. The minimum absolute atomic E-state index is 0.536. The molecule has 0 aliphatic heterocycles. The zero-order valence-corrected chi connectivity index (χ0v) is 14.5. The summed E-state index contributed by atoms with van der Waals surface area (Å²) in [7, 11) is 1.68. The molecule has 5 aromatic rings. The van der Waals surface area contributed by atoms with Crippen LogP contribution in [0.2, 0.25) is 0 Å². The van der Waals surface area contributed by atoms with E-state index in [1.807, 2.05) is 24.3 Å². The predicted octanol–water partition coefficient (Wildman–Crippen LogP) is 6.17. The van der Waals surface area contributed by atoms with Gasteiger partial charge in [0.05, 0.1) is 7.11 Å². The molecule has 0 spiro atoms. The lowest BCUT2D eigenvalue weighted by atomic mass is 9.94. The molecule has 0 heterocycles. The Hall–Kier alpha value is -3.26. The van der Waals surface area contributed by atoms with Crippen LogP contribution in [0.15, 0.2) is 78.9 Å². The maximum absolute atomic E-state index is 6.18. The molecule has 0 fully saturated rings. The van der Waals surface area contributed by atoms with Crippen molar-refractivity contribution in [3.63, 3.8) is 0 Å². The quantitative estimate of drug-likeness (QED) is 0.365. The van der Waals surface area contributed by atoms with Crippen molar-refractivity contribution in [2.24, 2.45) is 0 Å². The summed E-state index contributed by atoms with van der Waals surface area (Å²) in [6, 6.07) is 27.4. The van der Waals surface area contributed by atoms with Gasteiger partial charge < -0.3 is 9.47 Å². The van der Waals surface area contributed by atoms with Gasteiger partial charge >= 0.3 is 0 Å². The van der Waals surface area contributed by atoms with Gasteiger partial charge in [-0.15, -0.1) is 0 Å². The van der Waals surface area contributed by atoms with E-state index in [1.54, 1.807) is 7.11 Å². The van der Waals surface area contributed by atoms with Gasteiger partial charge in [0.1, 0.15) is 18.1 Å². The number of benzene rings is 5. The third-order valence-electron chi connectivity index (χ3n) is 5.04. The Labute approximate surface area is 151 Å². The molecule has 0 saturated carbocycles. The van der Waals surface area contributed by atoms with Crippen molar-refractivity contribution in [1.82, 2.24) is 0 Å². The van der Waals surface area contributed by atoms with Gasteiger partial charge in [-0.1, -0.05) is 54.6 Å². The van der Waals surface area contributed by atoms with Gasteiger partial charge in [-0.2, -0.15) is 0 Å². The second kappa shape index (κ2) is 5.92. The van der Waals surface area contributed by atoms with E-state index in [1.165, 1.54) is 32.3 Å². The van der Waals surface area contributed by atoms with Crippen LogP contribution in [0.4, 0.5) is 0 Å². The van der Waals surface area contributed by atoms with Crippen molar-refractivity contribution in [3.05, 3.63) is 84.4 Å². The summed E-state index contributed by atoms with van der Waals surface area (Å²) in [6.07, 6.45) is 0. The standard InChI is InChI=1S/C24H18O2/c1-25-20-11-5-16(6-12-20)15-26-22-14-10-19-8-7-17-3-2-4-18-9-13-21(22)24(19)23(17)18/h2-14H,15H2,1H3. The molecule has 0 N–H and O–H groups in total. The van der Waals surface area contributed by atoms with Gasteiger partial charge in [0, 0.05) is 10.8 Å². The van der Waals surface area contributed by atoms with Crippen molar-refractivity contribution < 1.29 is 9.47 Å². The molecule has 2 heteroatoms. The number of ether oxygens (including phenoxy) is 2. The van der Waals surface area contributed by atoms with Gasteiger partial charge in [0.15, 0.2) is 0 Å². The first-order valence-corrected chi connectivity index (χ1v) is 8.76. The summed E-state index contributed by atoms with van der Waals surface area (Å²) in [6.45, 7) is 0.536. The summed E-state index contributed by atoms with van der Waals surface area (Å²) in [5.41, 5.74) is 1.12. The zero-order chi connectivity index (χ0) is 17.5. The van der Waals surface area contributed by atoms with E-state index in [-0.39, 0.29) is 0 Å². The molecule has 0 atom stereocenters. The lowest BCUT2D eigenvalue weighted by molar-refractivity contribution is 0.310. The van der Waals surface area contributed by atoms with Gasteiger partial charge in [-0.3, -0.25) is 0 Å². The molecule has 2 nitrogen and oxygen atoms in total. The molecule has 0 radical (unpaired) electrons. The van der Waals surface area contributed by atoms with Crippen LogP contribution in [0.25, 0.3) is 32.3 Å². The molecule has 5 rings (SSSR count). The molecule has 126 valence electrons. The molecular formula is C24H18O2. The number of rotatable bonds is 4. The molecule has 0 aliphatic carbocycles. The van der Waals surface area contributed by atoms with Crippen LogP contribution in [0, 0.1) is 0 Å². The molecule has 0 aromatic heterocycles. The van der Waals surface area contributed by atoms with Crippen molar-refractivity contribution in [3.8, 4) is 11.5 Å². The van der Waals surface area contributed by atoms with Crippen molar-refractivity contribution in [1.29, 1.82) is 0 Å². The lowest BCUT2D eigenvalue weighted by Gasteiger charge is -2.14. The molecule has 0 unspecified atom stereocenters. The Morgan fingerprint density at radius 3 is 2.04 bits per heavy atom. The van der Waals surface area contributed by atoms with Crippen LogP contribution in [-0.4, -0.2) is 7.11 Å². The van der Waals surface area contributed by atoms with Crippen LogP contribution in [0.5, 0.6) is 11.5 Å². The Morgan fingerprint density at radius 2 is 1.31 bits per heavy atom. The van der Waals surface area contributed by atoms with E-state index in [2.05, 4.69) is 54.6 Å². The van der Waals surface area contributed by atoms with Gasteiger partial charge in [0.2, 0.25) is 0 Å². The van der Waals surface area contributed by atoms with E-state index in [9.17, 15) is 0 Å². The number of hydrogen-bond acceptors (Lipinski definition) is 2. The Balaban J connectivity index is 1.59. The highest BCUT2D eigenvalue weighted by Crippen LogP contribution is 2.38. The summed E-state index contributed by atoms with van der Waals surface area (Å²) in [5.74, 6) is 1.78. The SMILES string of the molecule is COc1ccc(COc2ccc3ccc4cccc5ccc2c3c45)cc1. The van der Waals surface area contributed by atoms with E-state index in [0.29, 0.717) is 6.61 Å². The van der Waals surface area contributed by atoms with Crippen LogP contribution >= 0.6 is 0 Å². The minimum atomic E-state index is 0.536. The zero-order valence-electron chi connectivity index (χ0n) is 14.5. The molecule has 5 aromatic carbocycles. The third kappa shape index (κ3) is 2.34. The molecule has 0 bridgehead atoms. The highest BCUT2D eigenvalue weighted by Gasteiger charge is 2.11. The molecular weight excluding hydrogens is 320 g/mol. The van der Waals surface area contributed by atoms with E-state index in [4.69, 9.17) is 9.47 Å². The van der Waals surface area contributed by atoms with E-state index >= 15 is 0 Å². The average Bonchev–Trinajstić information content (AvgIpc) is 2.71. The first-order valence-electron chi connectivity index (χ1n) is 8.76. The first-order chi connectivity index (χ1) is 12.8. The van der Waals surface area contributed by atoms with Gasteiger partial charge in [0.25, 0.3) is 0 Å². The van der Waals surface area contributed by atoms with Crippen molar-refractivity contribution in [2.75, 3.05) is 7.11 Å². The van der Waals surface area contributed by atoms with Gasteiger partial charge in [-0.05, 0) is 51.4 Å². The predicted molar refractivity (Wildman–Crippen MR) is 107 cm³/mol. The fourth-order valence-corrected chi connectivity index (χ4v) is 3.72. The van der Waals surface area contributed by atoms with Crippen LogP contribution in [0.1, 0.15) is 5.56 Å². The fraction of sp³-hybridized carbons (Fsp3) is 0.0833. The van der Waals surface area contributed by atoms with Crippen LogP contribution < -0.4 is 9.47 Å². The number of hydrogen-bond donors (Lipinski definition) is 0. The maximum Gasteiger partial charge on any atom is 0.127 e. The summed E-state index contributed by atoms with van der Waals surface area (Å²) in [5, 5.41) is 7.56. The normalized spacial score (nSPS) is 11.4. The smallest absolute Gasteiger partial charge is 0.127 e. The monoisotopic (exact) mass is 338 g/mol.